The second-order valence-electron chi connectivity index (χ2n) is 29.3. The Labute approximate surface area is 615 Å². The summed E-state index contributed by atoms with van der Waals surface area (Å²) < 4.78 is 0. The van der Waals surface area contributed by atoms with Crippen LogP contribution in [0.25, 0.3) is 78.2 Å². The van der Waals surface area contributed by atoms with Gasteiger partial charge in [0, 0.05) is 33.5 Å². The first kappa shape index (κ1) is 61.9. The molecule has 0 bridgehead atoms. The predicted molar refractivity (Wildman–Crippen MR) is 441 cm³/mol. The molecule has 0 heterocycles. The van der Waals surface area contributed by atoms with Gasteiger partial charge in [0.1, 0.15) is 0 Å². The van der Waals surface area contributed by atoms with Gasteiger partial charge in [0.2, 0.25) is 0 Å². The third-order valence-electron chi connectivity index (χ3n) is 23.9. The first-order chi connectivity index (χ1) is 51.6. The molecule has 496 valence electrons. The lowest BCUT2D eigenvalue weighted by atomic mass is 9.66. The molecular weight excluding hydrogens is 1270 g/mol. The number of nitrogens with zero attached hydrogens (tertiary/aromatic N) is 2. The Bertz CT molecular complexity index is 5950. The van der Waals surface area contributed by atoms with Gasteiger partial charge in [-0.1, -0.05) is 315 Å². The fourth-order valence-corrected chi connectivity index (χ4v) is 19.4. The molecule has 0 amide bonds. The molecule has 16 aromatic carbocycles. The summed E-state index contributed by atoms with van der Waals surface area (Å²) in [7, 11) is 0. The molecule has 1 spiro atoms. The average molecular weight is 1340 g/mol. The predicted octanol–water partition coefficient (Wildman–Crippen LogP) is 26.5. The largest absolute Gasteiger partial charge is 0.310 e. The Balaban J connectivity index is 0.835. The zero-order valence-corrected chi connectivity index (χ0v) is 59.3. The van der Waals surface area contributed by atoms with Crippen molar-refractivity contribution in [3.05, 3.63) is 453 Å². The molecule has 0 fully saturated rings. The van der Waals surface area contributed by atoms with Crippen LogP contribution in [0.2, 0.25) is 0 Å². The summed E-state index contributed by atoms with van der Waals surface area (Å²) in [6, 6.07) is 130. The highest BCUT2D eigenvalue weighted by atomic mass is 15.2. The van der Waals surface area contributed by atoms with E-state index in [0.717, 1.165) is 45.3 Å². The van der Waals surface area contributed by atoms with Crippen molar-refractivity contribution in [1.82, 2.24) is 0 Å². The van der Waals surface area contributed by atoms with Crippen molar-refractivity contribution in [1.29, 1.82) is 0 Å². The molecule has 0 saturated carbocycles. The first-order valence-corrected chi connectivity index (χ1v) is 36.8. The molecule has 4 aliphatic rings. The van der Waals surface area contributed by atoms with E-state index in [0.29, 0.717) is 0 Å². The smallest absolute Gasteiger partial charge is 0.0727 e. The Hall–Kier alpha value is -12.9. The van der Waals surface area contributed by atoms with Gasteiger partial charge >= 0.3 is 0 Å². The SMILES string of the molecule is C=Cc1ccc(C2(c3cc(C)ccc3C)c3ccccc3-c3ccc(N(c4ccc5c(c4)C4(c6ccccc6-5)c5ccccc5-c5ccc(N(c6ccc7c(c6)C(c6ccc(C=C)cc6)(c6cc(C)ccc6C)c6ccccc6-7)c6cccc7ccccc67)cc54)c4cccc5ccccc45)cc32)cc1. The Morgan fingerprint density at radius 2 is 0.533 bits per heavy atom. The molecule has 0 saturated heterocycles. The summed E-state index contributed by atoms with van der Waals surface area (Å²) in [4.78, 5) is 5.13. The lowest BCUT2D eigenvalue weighted by Gasteiger charge is -2.37. The zero-order chi connectivity index (χ0) is 70.5. The van der Waals surface area contributed by atoms with Crippen molar-refractivity contribution in [2.75, 3.05) is 9.80 Å². The standard InChI is InChI=1S/C103H74N2/c1-7-69-43-47-73(48-44-69)101(93-59-65(3)39-41-67(93)5)89-33-17-13-29-81(89)85-55-51-75(61-95(85)101)104(99-37-21-25-71-23-9-11-27-79(71)99)77-53-57-87-83-31-15-19-35-91(83)103(97(87)63-77)92-36-20-16-32-84(92)88-58-54-78(64-98(88)103)105(100-38-22-26-72-24-10-12-28-80(72)100)76-52-56-86-82-30-14-18-34-90(82)102(96(86)62-76,74-49-45-70(8-2)46-50-74)94-60-66(4)40-42-68(94)6/h7-64H,1-2H2,3-6H3. The number of anilines is 6. The minimum Gasteiger partial charge on any atom is -0.310 e. The van der Waals surface area contributed by atoms with E-state index < -0.39 is 16.2 Å². The van der Waals surface area contributed by atoms with Crippen molar-refractivity contribution >= 4 is 67.8 Å². The van der Waals surface area contributed by atoms with Crippen LogP contribution in [0.3, 0.4) is 0 Å². The lowest BCUT2D eigenvalue weighted by Crippen LogP contribution is -2.30. The van der Waals surface area contributed by atoms with Gasteiger partial charge in [-0.15, -0.1) is 0 Å². The van der Waals surface area contributed by atoms with E-state index in [1.165, 1.54) is 155 Å². The summed E-state index contributed by atoms with van der Waals surface area (Å²) in [5, 5.41) is 4.70. The molecule has 2 nitrogen and oxygen atoms in total. The number of hydrogen-bond donors (Lipinski definition) is 0. The molecule has 20 rings (SSSR count). The van der Waals surface area contributed by atoms with Gasteiger partial charge < -0.3 is 9.80 Å². The number of rotatable bonds is 12. The minimum absolute atomic E-state index is 0.660. The van der Waals surface area contributed by atoms with Gasteiger partial charge in [-0.05, 0) is 233 Å². The molecule has 0 radical (unpaired) electrons. The van der Waals surface area contributed by atoms with Crippen LogP contribution in [0.1, 0.15) is 100 Å². The normalized spacial score (nSPS) is 16.6. The molecule has 2 atom stereocenters. The highest BCUT2D eigenvalue weighted by Crippen LogP contribution is 2.66. The van der Waals surface area contributed by atoms with Crippen molar-refractivity contribution in [2.45, 2.75) is 43.9 Å². The topological polar surface area (TPSA) is 6.48 Å². The van der Waals surface area contributed by atoms with Gasteiger partial charge in [0.05, 0.1) is 27.6 Å². The van der Waals surface area contributed by atoms with Crippen molar-refractivity contribution in [3.63, 3.8) is 0 Å². The second-order valence-corrected chi connectivity index (χ2v) is 29.3. The van der Waals surface area contributed by atoms with E-state index in [1.807, 2.05) is 12.2 Å². The van der Waals surface area contributed by atoms with Crippen LogP contribution in [0.4, 0.5) is 34.1 Å². The lowest BCUT2D eigenvalue weighted by molar-refractivity contribution is 0.759. The first-order valence-electron chi connectivity index (χ1n) is 36.8. The summed E-state index contributed by atoms with van der Waals surface area (Å²) >= 11 is 0. The van der Waals surface area contributed by atoms with E-state index in [9.17, 15) is 0 Å². The molecule has 0 aromatic heterocycles. The summed E-state index contributed by atoms with van der Waals surface area (Å²) in [5.74, 6) is 0. The number of benzene rings is 16. The summed E-state index contributed by atoms with van der Waals surface area (Å²) in [6.07, 6.45) is 3.90. The Morgan fingerprint density at radius 1 is 0.238 bits per heavy atom. The maximum atomic E-state index is 4.20. The summed E-state index contributed by atoms with van der Waals surface area (Å²) in [6.45, 7) is 17.4. The van der Waals surface area contributed by atoms with Crippen LogP contribution in [0.5, 0.6) is 0 Å². The van der Waals surface area contributed by atoms with Crippen LogP contribution in [0.15, 0.2) is 353 Å². The Kier molecular flexibility index (Phi) is 13.9. The van der Waals surface area contributed by atoms with Crippen LogP contribution < -0.4 is 9.80 Å². The molecular formula is C103H74N2. The van der Waals surface area contributed by atoms with E-state index in [4.69, 9.17) is 0 Å². The van der Waals surface area contributed by atoms with Gasteiger partial charge in [0.15, 0.2) is 0 Å². The van der Waals surface area contributed by atoms with Gasteiger partial charge in [-0.25, -0.2) is 0 Å². The molecule has 0 N–H and O–H groups in total. The number of aryl methyl sites for hydroxylation is 4. The highest BCUT2D eigenvalue weighted by molar-refractivity contribution is 6.04. The quantitative estimate of drug-likeness (QED) is 0.120. The maximum absolute atomic E-state index is 4.20. The maximum Gasteiger partial charge on any atom is 0.0727 e. The van der Waals surface area contributed by atoms with E-state index in [1.54, 1.807) is 0 Å². The van der Waals surface area contributed by atoms with Crippen LogP contribution in [-0.4, -0.2) is 0 Å². The van der Waals surface area contributed by atoms with Crippen LogP contribution in [0, 0.1) is 27.7 Å². The molecule has 2 unspecified atom stereocenters. The monoisotopic (exact) mass is 1340 g/mol. The third-order valence-corrected chi connectivity index (χ3v) is 23.9. The molecule has 0 aliphatic heterocycles. The van der Waals surface area contributed by atoms with E-state index in [2.05, 4.69) is 390 Å². The molecule has 4 aliphatic carbocycles. The van der Waals surface area contributed by atoms with Gasteiger partial charge in [0.25, 0.3) is 0 Å². The fourth-order valence-electron chi connectivity index (χ4n) is 19.4. The molecule has 16 aromatic rings. The zero-order valence-electron chi connectivity index (χ0n) is 59.3. The third kappa shape index (κ3) is 8.78. The van der Waals surface area contributed by atoms with E-state index >= 15 is 0 Å². The number of fused-ring (bicyclic) bond motifs is 18. The summed E-state index contributed by atoms with van der Waals surface area (Å²) in [5.41, 5.74) is 36.6. The van der Waals surface area contributed by atoms with Gasteiger partial charge in [-0.2, -0.15) is 0 Å². The average Bonchev–Trinajstić information content (AvgIpc) is 1.54. The number of hydrogen-bond acceptors (Lipinski definition) is 2. The second kappa shape index (κ2) is 23.6. The highest BCUT2D eigenvalue weighted by Gasteiger charge is 2.54. The molecule has 2 heteroatoms. The van der Waals surface area contributed by atoms with Crippen LogP contribution in [-0.2, 0) is 16.2 Å². The van der Waals surface area contributed by atoms with Crippen molar-refractivity contribution in [2.24, 2.45) is 0 Å². The Morgan fingerprint density at radius 3 is 0.886 bits per heavy atom. The minimum atomic E-state index is -0.747. The van der Waals surface area contributed by atoms with Crippen molar-refractivity contribution < 1.29 is 0 Å². The van der Waals surface area contributed by atoms with Gasteiger partial charge in [-0.3, -0.25) is 0 Å². The van der Waals surface area contributed by atoms with E-state index in [-0.39, 0.29) is 0 Å². The molecule has 105 heavy (non-hydrogen) atoms. The van der Waals surface area contributed by atoms with Crippen LogP contribution >= 0.6 is 0 Å². The van der Waals surface area contributed by atoms with Crippen molar-refractivity contribution in [3.8, 4) is 44.5 Å². The fraction of sp³-hybridized carbons (Fsp3) is 0.0680.